The van der Waals surface area contributed by atoms with Gasteiger partial charge in [0.15, 0.2) is 0 Å². The van der Waals surface area contributed by atoms with Crippen LogP contribution in [0.5, 0.6) is 0 Å². The van der Waals surface area contributed by atoms with Crippen LogP contribution < -0.4 is 0 Å². The Hall–Kier alpha value is 0.0300. The highest BCUT2D eigenvalue weighted by atomic mass is 33.1. The normalized spacial score (nSPS) is 12.6. The van der Waals surface area contributed by atoms with Crippen molar-refractivity contribution in [1.82, 2.24) is 0 Å². The van der Waals surface area contributed by atoms with Crippen molar-refractivity contribution in [2.75, 3.05) is 20.8 Å². The molecule has 0 saturated heterocycles. The minimum Gasteiger partial charge on any atom is -0.290 e. The molecule has 0 amide bonds. The smallest absolute Gasteiger partial charge is 0.290 e. The van der Waals surface area contributed by atoms with Gasteiger partial charge in [-0.25, -0.2) is 4.57 Å². The number of phosphoric ester groups is 1. The average Bonchev–Trinajstić information content (AvgIpc) is 2.45. The fraction of sp³-hybridized carbons (Fsp3) is 0.571. The van der Waals surface area contributed by atoms with Gasteiger partial charge >= 0.3 is 7.82 Å². The van der Waals surface area contributed by atoms with Crippen LogP contribution >= 0.6 is 29.4 Å². The van der Waals surface area contributed by atoms with Crippen molar-refractivity contribution >= 4 is 29.4 Å². The van der Waals surface area contributed by atoms with Crippen LogP contribution in [0.3, 0.4) is 0 Å². The molecule has 0 N–H and O–H groups in total. The van der Waals surface area contributed by atoms with Crippen LogP contribution in [0.4, 0.5) is 0 Å². The van der Waals surface area contributed by atoms with Gasteiger partial charge in [0.25, 0.3) is 0 Å². The third kappa shape index (κ3) is 7.22. The molecule has 0 radical (unpaired) electrons. The van der Waals surface area contributed by atoms with E-state index in [0.29, 0.717) is 6.42 Å². The molecule has 0 aromatic heterocycles. The molecular weight excluding hydrogens is 327 g/mol. The monoisotopic (exact) mass is 350 g/mol. The molecule has 4 nitrogen and oxygen atoms in total. The Morgan fingerprint density at radius 2 is 1.76 bits per heavy atom. The van der Waals surface area contributed by atoms with Crippen LogP contribution in [0.1, 0.15) is 26.3 Å². The minimum atomic E-state index is -3.39. The molecule has 120 valence electrons. The topological polar surface area (TPSA) is 44.8 Å². The van der Waals surface area contributed by atoms with E-state index in [1.165, 1.54) is 19.1 Å². The highest BCUT2D eigenvalue weighted by molar-refractivity contribution is 8.77. The third-order valence-electron chi connectivity index (χ3n) is 2.42. The molecule has 1 aromatic rings. The summed E-state index contributed by atoms with van der Waals surface area (Å²) in [5.74, 6) is 0. The Bertz CT molecular complexity index is 480. The zero-order chi connectivity index (χ0) is 15.9. The molecule has 0 spiro atoms. The first kappa shape index (κ1) is 19.1. The largest absolute Gasteiger partial charge is 0.474 e. The third-order valence-corrected chi connectivity index (χ3v) is 7.27. The zero-order valence-electron chi connectivity index (χ0n) is 13.1. The second-order valence-electron chi connectivity index (χ2n) is 5.28. The van der Waals surface area contributed by atoms with E-state index in [1.54, 1.807) is 10.8 Å². The summed E-state index contributed by atoms with van der Waals surface area (Å²) in [6.07, 6.45) is 0.657. The van der Waals surface area contributed by atoms with E-state index in [2.05, 4.69) is 32.9 Å². The highest BCUT2D eigenvalue weighted by Crippen LogP contribution is 2.47. The Morgan fingerprint density at radius 3 is 2.33 bits per heavy atom. The quantitative estimate of drug-likeness (QED) is 0.475. The van der Waals surface area contributed by atoms with Crippen LogP contribution in [0.25, 0.3) is 0 Å². The second kappa shape index (κ2) is 8.61. The molecule has 0 aliphatic carbocycles. The zero-order valence-corrected chi connectivity index (χ0v) is 15.6. The van der Waals surface area contributed by atoms with Crippen molar-refractivity contribution in [3.8, 4) is 0 Å². The predicted octanol–water partition coefficient (Wildman–Crippen LogP) is 5.19. The molecule has 21 heavy (non-hydrogen) atoms. The number of benzene rings is 1. The van der Waals surface area contributed by atoms with Gasteiger partial charge in [-0.2, -0.15) is 0 Å². The molecule has 0 heterocycles. The average molecular weight is 350 g/mol. The lowest BCUT2D eigenvalue weighted by Crippen LogP contribution is -2.05. The maximum atomic E-state index is 11.8. The number of hydrogen-bond acceptors (Lipinski definition) is 6. The van der Waals surface area contributed by atoms with Crippen LogP contribution in [-0.2, 0) is 24.6 Å². The fourth-order valence-electron chi connectivity index (χ4n) is 1.41. The Morgan fingerprint density at radius 1 is 1.14 bits per heavy atom. The molecular formula is C14H23O4PS2. The molecule has 0 unspecified atom stereocenters. The van der Waals surface area contributed by atoms with E-state index >= 15 is 0 Å². The van der Waals surface area contributed by atoms with E-state index in [9.17, 15) is 4.57 Å². The standard InChI is InChI=1S/C14H23O4PS2/c1-14(2,3)21-20-13-9-7-6-8-12(13)10-11-18-19(15,16-4)17-5/h6-9H,10-11H2,1-5H3. The van der Waals surface area contributed by atoms with Crippen LogP contribution in [0, 0.1) is 0 Å². The van der Waals surface area contributed by atoms with Crippen LogP contribution in [0.15, 0.2) is 29.2 Å². The molecule has 0 bridgehead atoms. The molecule has 0 fully saturated rings. The molecule has 7 heteroatoms. The number of rotatable bonds is 8. The van der Waals surface area contributed by atoms with Crippen molar-refractivity contribution < 1.29 is 18.1 Å². The molecule has 0 saturated carbocycles. The molecule has 0 aliphatic heterocycles. The van der Waals surface area contributed by atoms with Gasteiger partial charge in [0, 0.05) is 23.9 Å². The maximum absolute atomic E-state index is 11.8. The summed E-state index contributed by atoms with van der Waals surface area (Å²) in [5, 5.41) is 0. The van der Waals surface area contributed by atoms with Gasteiger partial charge in [0.05, 0.1) is 6.61 Å². The van der Waals surface area contributed by atoms with E-state index in [1.807, 2.05) is 22.9 Å². The summed E-state index contributed by atoms with van der Waals surface area (Å²) in [4.78, 5) is 1.20. The fourth-order valence-corrected chi connectivity index (χ4v) is 4.34. The van der Waals surface area contributed by atoms with Gasteiger partial charge in [-0.3, -0.25) is 13.6 Å². The first-order chi connectivity index (χ1) is 9.79. The lowest BCUT2D eigenvalue weighted by atomic mass is 10.2. The van der Waals surface area contributed by atoms with Gasteiger partial charge in [0.2, 0.25) is 0 Å². The SMILES string of the molecule is COP(=O)(OC)OCCc1ccccc1SSC(C)(C)C. The molecule has 1 rings (SSSR count). The number of phosphoric acid groups is 1. The molecule has 0 atom stereocenters. The van der Waals surface area contributed by atoms with E-state index in [4.69, 9.17) is 13.6 Å². The van der Waals surface area contributed by atoms with Crippen LogP contribution in [-0.4, -0.2) is 25.6 Å². The maximum Gasteiger partial charge on any atom is 0.474 e. The number of hydrogen-bond donors (Lipinski definition) is 0. The Balaban J connectivity index is 2.61. The van der Waals surface area contributed by atoms with Crippen molar-refractivity contribution in [2.45, 2.75) is 36.8 Å². The highest BCUT2D eigenvalue weighted by Gasteiger charge is 2.22. The van der Waals surface area contributed by atoms with E-state index < -0.39 is 7.82 Å². The van der Waals surface area contributed by atoms with Gasteiger partial charge in [-0.1, -0.05) is 60.6 Å². The lowest BCUT2D eigenvalue weighted by Gasteiger charge is -2.18. The molecule has 1 aromatic carbocycles. The van der Waals surface area contributed by atoms with Gasteiger partial charge in [0.1, 0.15) is 0 Å². The first-order valence-electron chi connectivity index (χ1n) is 6.59. The van der Waals surface area contributed by atoms with Gasteiger partial charge in [-0.15, -0.1) is 0 Å². The summed E-state index contributed by atoms with van der Waals surface area (Å²) in [6.45, 7) is 6.84. The Labute approximate surface area is 135 Å². The van der Waals surface area contributed by atoms with Crippen molar-refractivity contribution in [1.29, 1.82) is 0 Å². The van der Waals surface area contributed by atoms with Gasteiger partial charge < -0.3 is 0 Å². The summed E-state index contributed by atoms with van der Waals surface area (Å²) in [5.41, 5.74) is 1.16. The van der Waals surface area contributed by atoms with Crippen molar-refractivity contribution in [2.24, 2.45) is 0 Å². The van der Waals surface area contributed by atoms with Crippen molar-refractivity contribution in [3.63, 3.8) is 0 Å². The van der Waals surface area contributed by atoms with E-state index in [0.717, 1.165) is 5.56 Å². The summed E-state index contributed by atoms with van der Waals surface area (Å²) < 4.78 is 26.7. The minimum absolute atomic E-state index is 0.191. The van der Waals surface area contributed by atoms with E-state index in [-0.39, 0.29) is 11.4 Å². The summed E-state index contributed by atoms with van der Waals surface area (Å²) in [6, 6.07) is 8.16. The molecule has 0 aliphatic rings. The summed E-state index contributed by atoms with van der Waals surface area (Å²) >= 11 is 0. The van der Waals surface area contributed by atoms with Crippen molar-refractivity contribution in [3.05, 3.63) is 29.8 Å². The predicted molar refractivity (Wildman–Crippen MR) is 90.9 cm³/mol. The summed E-state index contributed by atoms with van der Waals surface area (Å²) in [7, 11) is 2.81. The Kier molecular flexibility index (Phi) is 7.82. The first-order valence-corrected chi connectivity index (χ1v) is 10.2. The van der Waals surface area contributed by atoms with Gasteiger partial charge in [-0.05, 0) is 18.1 Å². The lowest BCUT2D eigenvalue weighted by molar-refractivity contribution is 0.153. The second-order valence-corrected chi connectivity index (χ2v) is 10.2. The van der Waals surface area contributed by atoms with Crippen LogP contribution in [0.2, 0.25) is 0 Å².